The first-order valence-electron chi connectivity index (χ1n) is 10.2. The predicted octanol–water partition coefficient (Wildman–Crippen LogP) is 1.99. The fraction of sp³-hybridized carbons (Fsp3) is 0.650. The van der Waals surface area contributed by atoms with Gasteiger partial charge in [0.15, 0.2) is 5.65 Å². The fourth-order valence-corrected chi connectivity index (χ4v) is 4.59. The lowest BCUT2D eigenvalue weighted by Gasteiger charge is -2.40. The molecule has 4 rings (SSSR count). The Balaban J connectivity index is 1.35. The summed E-state index contributed by atoms with van der Waals surface area (Å²) < 4.78 is 2.01. The SMILES string of the molecule is CN(C(=O)CN1CCC(c2nnc3cnccn23)CC1)C1(C#N)CCCCC1. The molecule has 8 nitrogen and oxygen atoms in total. The second-order valence-electron chi connectivity index (χ2n) is 8.07. The average Bonchev–Trinajstić information content (AvgIpc) is 3.18. The number of nitriles is 1. The molecule has 3 heterocycles. The smallest absolute Gasteiger partial charge is 0.237 e. The minimum atomic E-state index is -0.609. The van der Waals surface area contributed by atoms with Crippen molar-refractivity contribution >= 4 is 11.6 Å². The number of likely N-dealkylation sites (N-methyl/N-ethyl adjacent to an activating group) is 1. The van der Waals surface area contributed by atoms with E-state index in [9.17, 15) is 10.1 Å². The van der Waals surface area contributed by atoms with Gasteiger partial charge in [-0.1, -0.05) is 19.3 Å². The summed E-state index contributed by atoms with van der Waals surface area (Å²) in [7, 11) is 1.81. The standard InChI is InChI=1S/C20H27N7O/c1-25(20(15-21)7-3-2-4-8-20)18(28)14-26-10-5-16(6-11-26)19-24-23-17-13-22-9-12-27(17)19/h9,12-13,16H,2-8,10-11,14H2,1H3. The molecule has 0 atom stereocenters. The summed E-state index contributed by atoms with van der Waals surface area (Å²) in [5.41, 5.74) is 0.160. The Kier molecular flexibility index (Phi) is 5.27. The average molecular weight is 381 g/mol. The van der Waals surface area contributed by atoms with Crippen molar-refractivity contribution in [2.24, 2.45) is 0 Å². The van der Waals surface area contributed by atoms with Crippen LogP contribution in [0.2, 0.25) is 0 Å². The number of fused-ring (bicyclic) bond motifs is 1. The topological polar surface area (TPSA) is 90.4 Å². The van der Waals surface area contributed by atoms with Gasteiger partial charge >= 0.3 is 0 Å². The molecule has 1 aliphatic heterocycles. The van der Waals surface area contributed by atoms with Gasteiger partial charge in [0, 0.05) is 25.4 Å². The lowest BCUT2D eigenvalue weighted by atomic mass is 9.81. The van der Waals surface area contributed by atoms with Crippen molar-refractivity contribution in [2.45, 2.75) is 56.4 Å². The van der Waals surface area contributed by atoms with Gasteiger partial charge in [-0.15, -0.1) is 10.2 Å². The van der Waals surface area contributed by atoms with Crippen LogP contribution in [0, 0.1) is 11.3 Å². The zero-order valence-electron chi connectivity index (χ0n) is 16.4. The van der Waals surface area contributed by atoms with E-state index in [1.807, 2.05) is 10.6 Å². The molecule has 1 aliphatic carbocycles. The molecule has 2 fully saturated rings. The Morgan fingerprint density at radius 2 is 2.04 bits per heavy atom. The number of piperidine rings is 1. The Morgan fingerprint density at radius 1 is 1.29 bits per heavy atom. The summed E-state index contributed by atoms with van der Waals surface area (Å²) in [5, 5.41) is 18.3. The fourth-order valence-electron chi connectivity index (χ4n) is 4.59. The Bertz CT molecular complexity index is 872. The first-order valence-corrected chi connectivity index (χ1v) is 10.2. The van der Waals surface area contributed by atoms with Crippen LogP contribution in [0.1, 0.15) is 56.7 Å². The van der Waals surface area contributed by atoms with E-state index >= 15 is 0 Å². The third kappa shape index (κ3) is 3.47. The van der Waals surface area contributed by atoms with Gasteiger partial charge in [0.1, 0.15) is 11.4 Å². The molecule has 148 valence electrons. The summed E-state index contributed by atoms with van der Waals surface area (Å²) in [6.45, 7) is 2.09. The van der Waals surface area contributed by atoms with Crippen LogP contribution in [-0.2, 0) is 4.79 Å². The number of carbonyl (C=O) groups excluding carboxylic acids is 1. The molecule has 1 saturated carbocycles. The number of rotatable bonds is 4. The van der Waals surface area contributed by atoms with E-state index in [1.54, 1.807) is 24.3 Å². The molecule has 2 aromatic heterocycles. The lowest BCUT2D eigenvalue weighted by Crippen LogP contribution is -2.53. The van der Waals surface area contributed by atoms with Crippen LogP contribution in [0.5, 0.6) is 0 Å². The van der Waals surface area contributed by atoms with E-state index in [0.29, 0.717) is 12.5 Å². The molecule has 28 heavy (non-hydrogen) atoms. The molecular weight excluding hydrogens is 354 g/mol. The van der Waals surface area contributed by atoms with Crippen LogP contribution < -0.4 is 0 Å². The first kappa shape index (κ1) is 18.8. The molecule has 0 N–H and O–H groups in total. The quantitative estimate of drug-likeness (QED) is 0.804. The minimum absolute atomic E-state index is 0.0564. The molecular formula is C20H27N7O. The van der Waals surface area contributed by atoms with Crippen molar-refractivity contribution in [2.75, 3.05) is 26.7 Å². The number of hydrogen-bond acceptors (Lipinski definition) is 6. The number of nitrogens with zero attached hydrogens (tertiary/aromatic N) is 7. The van der Waals surface area contributed by atoms with Crippen molar-refractivity contribution in [1.82, 2.24) is 29.4 Å². The number of aromatic nitrogens is 4. The van der Waals surface area contributed by atoms with Crippen LogP contribution in [0.25, 0.3) is 5.65 Å². The number of amides is 1. The molecule has 2 aromatic rings. The third-order valence-corrected chi connectivity index (χ3v) is 6.46. The second-order valence-corrected chi connectivity index (χ2v) is 8.07. The molecule has 0 spiro atoms. The largest absolute Gasteiger partial charge is 0.326 e. The zero-order valence-corrected chi connectivity index (χ0v) is 16.4. The molecule has 0 radical (unpaired) electrons. The van der Waals surface area contributed by atoms with Gasteiger partial charge in [-0.25, -0.2) is 0 Å². The van der Waals surface area contributed by atoms with Gasteiger partial charge in [-0.2, -0.15) is 5.26 Å². The Morgan fingerprint density at radius 3 is 2.75 bits per heavy atom. The maximum Gasteiger partial charge on any atom is 0.237 e. The Hall–Kier alpha value is -2.53. The summed E-state index contributed by atoms with van der Waals surface area (Å²) in [4.78, 5) is 20.9. The molecule has 2 aliphatic rings. The van der Waals surface area contributed by atoms with Gasteiger partial charge in [-0.05, 0) is 38.8 Å². The van der Waals surface area contributed by atoms with Crippen molar-refractivity contribution in [3.63, 3.8) is 0 Å². The summed E-state index contributed by atoms with van der Waals surface area (Å²) in [5.74, 6) is 1.37. The van der Waals surface area contributed by atoms with Crippen molar-refractivity contribution < 1.29 is 4.79 Å². The molecule has 8 heteroatoms. The van der Waals surface area contributed by atoms with E-state index in [4.69, 9.17) is 0 Å². The highest BCUT2D eigenvalue weighted by molar-refractivity contribution is 5.79. The summed E-state index contributed by atoms with van der Waals surface area (Å²) in [6, 6.07) is 2.44. The van der Waals surface area contributed by atoms with Crippen molar-refractivity contribution in [3.8, 4) is 6.07 Å². The zero-order chi connectivity index (χ0) is 19.6. The molecule has 0 bridgehead atoms. The van der Waals surface area contributed by atoms with Gasteiger partial charge in [0.05, 0.1) is 18.8 Å². The van der Waals surface area contributed by atoms with Gasteiger partial charge < -0.3 is 4.90 Å². The summed E-state index contributed by atoms with van der Waals surface area (Å²) in [6.07, 6.45) is 12.1. The number of likely N-dealkylation sites (tertiary alicyclic amines) is 1. The van der Waals surface area contributed by atoms with Crippen LogP contribution in [0.3, 0.4) is 0 Å². The van der Waals surface area contributed by atoms with E-state index in [2.05, 4.69) is 26.2 Å². The van der Waals surface area contributed by atoms with E-state index < -0.39 is 5.54 Å². The molecule has 1 amide bonds. The van der Waals surface area contributed by atoms with Gasteiger partial charge in [0.2, 0.25) is 5.91 Å². The lowest BCUT2D eigenvalue weighted by molar-refractivity contribution is -0.136. The van der Waals surface area contributed by atoms with E-state index in [1.165, 1.54) is 0 Å². The maximum atomic E-state index is 12.9. The highest BCUT2D eigenvalue weighted by Gasteiger charge is 2.39. The van der Waals surface area contributed by atoms with Crippen LogP contribution in [-0.4, -0.2) is 67.5 Å². The monoisotopic (exact) mass is 381 g/mol. The molecule has 0 aromatic carbocycles. The second kappa shape index (κ2) is 7.84. The molecule has 1 saturated heterocycles. The number of hydrogen-bond donors (Lipinski definition) is 0. The third-order valence-electron chi connectivity index (χ3n) is 6.46. The number of carbonyl (C=O) groups is 1. The van der Waals surface area contributed by atoms with Gasteiger partial charge in [-0.3, -0.25) is 19.1 Å². The molecule has 0 unspecified atom stereocenters. The maximum absolute atomic E-state index is 12.9. The minimum Gasteiger partial charge on any atom is -0.326 e. The summed E-state index contributed by atoms with van der Waals surface area (Å²) >= 11 is 0. The van der Waals surface area contributed by atoms with Gasteiger partial charge in [0.25, 0.3) is 0 Å². The highest BCUT2D eigenvalue weighted by Crippen LogP contribution is 2.33. The van der Waals surface area contributed by atoms with Crippen LogP contribution in [0.4, 0.5) is 0 Å². The normalized spacial score (nSPS) is 20.7. The van der Waals surface area contributed by atoms with Crippen molar-refractivity contribution in [3.05, 3.63) is 24.4 Å². The predicted molar refractivity (Wildman–Crippen MR) is 103 cm³/mol. The van der Waals surface area contributed by atoms with Crippen LogP contribution in [0.15, 0.2) is 18.6 Å². The Labute approximate surface area is 165 Å². The highest BCUT2D eigenvalue weighted by atomic mass is 16.2. The van der Waals surface area contributed by atoms with E-state index in [-0.39, 0.29) is 5.91 Å². The van der Waals surface area contributed by atoms with E-state index in [0.717, 1.165) is 69.5 Å². The van der Waals surface area contributed by atoms with Crippen LogP contribution >= 0.6 is 0 Å². The van der Waals surface area contributed by atoms with Crippen molar-refractivity contribution in [1.29, 1.82) is 5.26 Å². The first-order chi connectivity index (χ1) is 13.6.